The zero-order chi connectivity index (χ0) is 19.1. The van der Waals surface area contributed by atoms with Gasteiger partial charge in [-0.3, -0.25) is 0 Å². The zero-order valence-corrected chi connectivity index (χ0v) is 17.2. The maximum absolute atomic E-state index is 2.33. The number of hydrogen-bond donors (Lipinski definition) is 0. The largest absolute Gasteiger partial charge is 0.119 e. The van der Waals surface area contributed by atoms with Crippen molar-refractivity contribution in [1.82, 2.24) is 0 Å². The maximum atomic E-state index is 2.33. The molecular weight excluding hydrogens is 356 g/mol. The molecule has 0 amide bonds. The fourth-order valence-electron chi connectivity index (χ4n) is 4.03. The monoisotopic (exact) mass is 384 g/mol. The van der Waals surface area contributed by atoms with Crippen molar-refractivity contribution >= 4 is 17.8 Å². The van der Waals surface area contributed by atoms with Crippen LogP contribution < -0.4 is 0 Å². The Balaban J connectivity index is 1.34. The minimum Gasteiger partial charge on any atom is -0.119 e. The van der Waals surface area contributed by atoms with Gasteiger partial charge in [-0.25, -0.2) is 0 Å². The van der Waals surface area contributed by atoms with Gasteiger partial charge in [-0.05, 0) is 61.3 Å². The second kappa shape index (κ2) is 9.30. The van der Waals surface area contributed by atoms with E-state index >= 15 is 0 Å². The molecule has 0 spiro atoms. The van der Waals surface area contributed by atoms with Crippen LogP contribution in [0.25, 0.3) is 6.08 Å². The fraction of sp³-hybridized carbons (Fsp3) is 0.259. The topological polar surface area (TPSA) is 0 Å². The number of benzene rings is 3. The van der Waals surface area contributed by atoms with Crippen LogP contribution in [-0.4, -0.2) is 4.75 Å². The molecule has 28 heavy (non-hydrogen) atoms. The lowest BCUT2D eigenvalue weighted by Crippen LogP contribution is -2.11. The summed E-state index contributed by atoms with van der Waals surface area (Å²) in [5.41, 5.74) is 2.77. The Kier molecular flexibility index (Phi) is 6.34. The Morgan fingerprint density at radius 2 is 1.46 bits per heavy atom. The van der Waals surface area contributed by atoms with Crippen LogP contribution in [0.2, 0.25) is 0 Å². The summed E-state index contributed by atoms with van der Waals surface area (Å²) in [4.78, 5) is 1.41. The molecule has 2 atom stereocenters. The maximum Gasteiger partial charge on any atom is 0.0279 e. The van der Waals surface area contributed by atoms with E-state index in [1.165, 1.54) is 48.1 Å². The van der Waals surface area contributed by atoms with Crippen LogP contribution in [0.3, 0.4) is 0 Å². The summed E-state index contributed by atoms with van der Waals surface area (Å²) in [6.45, 7) is 0. The molecule has 0 aliphatic heterocycles. The highest BCUT2D eigenvalue weighted by Crippen LogP contribution is 2.60. The molecule has 1 aliphatic rings. The molecule has 0 nitrogen and oxygen atoms in total. The van der Waals surface area contributed by atoms with E-state index in [-0.39, 0.29) is 0 Å². The molecule has 1 saturated carbocycles. The Labute approximate surface area is 173 Å². The van der Waals surface area contributed by atoms with Crippen LogP contribution >= 0.6 is 11.8 Å². The number of hydrogen-bond acceptors (Lipinski definition) is 1. The van der Waals surface area contributed by atoms with Crippen molar-refractivity contribution in [3.8, 4) is 0 Å². The van der Waals surface area contributed by atoms with E-state index < -0.39 is 0 Å². The predicted octanol–water partition coefficient (Wildman–Crippen LogP) is 7.66. The quantitative estimate of drug-likeness (QED) is 0.341. The van der Waals surface area contributed by atoms with Gasteiger partial charge in [0.2, 0.25) is 0 Å². The Bertz CT molecular complexity index is 826. The summed E-state index contributed by atoms with van der Waals surface area (Å²) in [6, 6.07) is 32.6. The lowest BCUT2D eigenvalue weighted by Gasteiger charge is -2.18. The number of unbranched alkanes of at least 4 members (excludes halogenated alkanes) is 1. The van der Waals surface area contributed by atoms with Gasteiger partial charge in [-0.15, -0.1) is 11.8 Å². The smallest absolute Gasteiger partial charge is 0.0279 e. The van der Waals surface area contributed by atoms with Gasteiger partial charge in [0.05, 0.1) is 0 Å². The van der Waals surface area contributed by atoms with Gasteiger partial charge in [0, 0.05) is 9.64 Å². The standard InChI is InChI=1S/C27H28S/c1-5-13-23(14-6-1)15-7-3-10-18-25-22-27(25,21-24-16-8-2-9-17-24)28-26-19-11-4-12-20-26/h1-2,4-9,11-17,19-20,25H,3,10,18,21-22H2/b15-7+/t25-,27+/m1/s1. The molecule has 0 saturated heterocycles. The molecule has 0 bridgehead atoms. The van der Waals surface area contributed by atoms with Gasteiger partial charge in [0.1, 0.15) is 0 Å². The summed E-state index contributed by atoms with van der Waals surface area (Å²) in [6.07, 6.45) is 10.9. The van der Waals surface area contributed by atoms with E-state index in [9.17, 15) is 0 Å². The average Bonchev–Trinajstić information content (AvgIpc) is 3.41. The molecule has 0 heterocycles. The van der Waals surface area contributed by atoms with Gasteiger partial charge in [0.25, 0.3) is 0 Å². The first-order valence-electron chi connectivity index (χ1n) is 10.3. The first kappa shape index (κ1) is 19.1. The van der Waals surface area contributed by atoms with Gasteiger partial charge < -0.3 is 0 Å². The van der Waals surface area contributed by atoms with Crippen LogP contribution in [0, 0.1) is 5.92 Å². The number of rotatable bonds is 9. The van der Waals surface area contributed by atoms with Crippen molar-refractivity contribution in [2.24, 2.45) is 5.92 Å². The molecule has 142 valence electrons. The predicted molar refractivity (Wildman–Crippen MR) is 123 cm³/mol. The van der Waals surface area contributed by atoms with Crippen molar-refractivity contribution in [3.63, 3.8) is 0 Å². The van der Waals surface area contributed by atoms with E-state index in [2.05, 4.69) is 115 Å². The van der Waals surface area contributed by atoms with Gasteiger partial charge >= 0.3 is 0 Å². The molecule has 3 aromatic rings. The third-order valence-corrected chi connectivity index (χ3v) is 7.18. The van der Waals surface area contributed by atoms with Crippen LogP contribution in [0.4, 0.5) is 0 Å². The molecule has 0 N–H and O–H groups in total. The van der Waals surface area contributed by atoms with Crippen molar-refractivity contribution in [3.05, 3.63) is 108 Å². The molecule has 3 aromatic carbocycles. The lowest BCUT2D eigenvalue weighted by atomic mass is 10.0. The molecule has 1 fully saturated rings. The molecule has 0 radical (unpaired) electrons. The van der Waals surface area contributed by atoms with Crippen LogP contribution in [0.5, 0.6) is 0 Å². The normalized spacial score (nSPS) is 21.1. The van der Waals surface area contributed by atoms with E-state index in [1.807, 2.05) is 0 Å². The molecule has 0 aromatic heterocycles. The van der Waals surface area contributed by atoms with Crippen LogP contribution in [0.15, 0.2) is 102 Å². The molecular formula is C27H28S. The second-order valence-corrected chi connectivity index (χ2v) is 9.28. The van der Waals surface area contributed by atoms with Crippen molar-refractivity contribution in [2.75, 3.05) is 0 Å². The van der Waals surface area contributed by atoms with Gasteiger partial charge in [-0.1, -0.05) is 91.0 Å². The molecule has 0 unspecified atom stereocenters. The molecule has 1 heteroatoms. The summed E-state index contributed by atoms with van der Waals surface area (Å²) >= 11 is 2.10. The highest BCUT2D eigenvalue weighted by atomic mass is 32.2. The fourth-order valence-corrected chi connectivity index (χ4v) is 5.60. The summed E-state index contributed by atoms with van der Waals surface area (Å²) < 4.78 is 0.381. The minimum atomic E-state index is 0.381. The summed E-state index contributed by atoms with van der Waals surface area (Å²) in [5, 5.41) is 0. The Hall–Kier alpha value is -2.25. The Morgan fingerprint density at radius 1 is 0.821 bits per heavy atom. The number of allylic oxidation sites excluding steroid dienone is 1. The average molecular weight is 385 g/mol. The van der Waals surface area contributed by atoms with Crippen LogP contribution in [-0.2, 0) is 6.42 Å². The lowest BCUT2D eigenvalue weighted by molar-refractivity contribution is 0.633. The second-order valence-electron chi connectivity index (χ2n) is 7.79. The van der Waals surface area contributed by atoms with E-state index in [0.717, 1.165) is 5.92 Å². The number of thioether (sulfide) groups is 1. The summed E-state index contributed by atoms with van der Waals surface area (Å²) in [5.74, 6) is 0.822. The molecule has 1 aliphatic carbocycles. The van der Waals surface area contributed by atoms with Gasteiger partial charge in [0.15, 0.2) is 0 Å². The third kappa shape index (κ3) is 5.17. The van der Waals surface area contributed by atoms with E-state index in [4.69, 9.17) is 0 Å². The van der Waals surface area contributed by atoms with Gasteiger partial charge in [-0.2, -0.15) is 0 Å². The third-order valence-electron chi connectivity index (χ3n) is 5.62. The minimum absolute atomic E-state index is 0.381. The van der Waals surface area contributed by atoms with Crippen molar-refractivity contribution < 1.29 is 0 Å². The first-order valence-corrected chi connectivity index (χ1v) is 11.2. The Morgan fingerprint density at radius 3 is 2.18 bits per heavy atom. The summed E-state index contributed by atoms with van der Waals surface area (Å²) in [7, 11) is 0. The SMILES string of the molecule is C(=C\c1ccccc1)/CCC[C@@H]1C[C@]1(Cc1ccccc1)Sc1ccccc1. The van der Waals surface area contributed by atoms with Crippen molar-refractivity contribution in [2.45, 2.75) is 41.7 Å². The first-order chi connectivity index (χ1) is 13.8. The van der Waals surface area contributed by atoms with Crippen molar-refractivity contribution in [1.29, 1.82) is 0 Å². The zero-order valence-electron chi connectivity index (χ0n) is 16.3. The highest BCUT2D eigenvalue weighted by Gasteiger charge is 2.53. The van der Waals surface area contributed by atoms with E-state index in [0.29, 0.717) is 4.75 Å². The van der Waals surface area contributed by atoms with E-state index in [1.54, 1.807) is 0 Å². The van der Waals surface area contributed by atoms with Crippen LogP contribution in [0.1, 0.15) is 36.8 Å². The highest BCUT2D eigenvalue weighted by molar-refractivity contribution is 8.01. The molecule has 4 rings (SSSR count).